The van der Waals surface area contributed by atoms with E-state index in [9.17, 15) is 14.7 Å². The summed E-state index contributed by atoms with van der Waals surface area (Å²) >= 11 is 0. The molecule has 0 bridgehead atoms. The highest BCUT2D eigenvalue weighted by atomic mass is 16.5. The van der Waals surface area contributed by atoms with Crippen molar-refractivity contribution in [1.82, 2.24) is 0 Å². The molecule has 0 spiro atoms. The molecule has 0 aliphatic heterocycles. The topological polar surface area (TPSA) is 93.1 Å². The molecule has 6 nitrogen and oxygen atoms in total. The lowest BCUT2D eigenvalue weighted by molar-refractivity contribution is 0.0695. The SMILES string of the molecule is CCCc1c(OCc2ccc(COCc3cccc(C(=O)O)c3)cc2)ccc(C(C)=O)c1O. The second-order valence-corrected chi connectivity index (χ2v) is 7.85. The smallest absolute Gasteiger partial charge is 0.335 e. The second-order valence-electron chi connectivity index (χ2n) is 7.85. The molecule has 3 rings (SSSR count). The molecule has 3 aromatic carbocycles. The third kappa shape index (κ3) is 6.43. The number of phenolic OH excluding ortho intramolecular Hbond substituents is 1. The van der Waals surface area contributed by atoms with Gasteiger partial charge in [-0.1, -0.05) is 49.7 Å². The average molecular weight is 449 g/mol. The van der Waals surface area contributed by atoms with Crippen LogP contribution < -0.4 is 4.74 Å². The minimum atomic E-state index is -0.957. The molecule has 33 heavy (non-hydrogen) atoms. The summed E-state index contributed by atoms with van der Waals surface area (Å²) in [5.41, 5.74) is 3.97. The van der Waals surface area contributed by atoms with Crippen LogP contribution in [0.4, 0.5) is 0 Å². The molecule has 0 aliphatic rings. The fourth-order valence-corrected chi connectivity index (χ4v) is 3.50. The minimum absolute atomic E-state index is 0.00300. The van der Waals surface area contributed by atoms with Gasteiger partial charge in [-0.2, -0.15) is 0 Å². The van der Waals surface area contributed by atoms with Gasteiger partial charge in [0.25, 0.3) is 0 Å². The van der Waals surface area contributed by atoms with E-state index in [1.807, 2.05) is 37.3 Å². The number of phenols is 1. The highest BCUT2D eigenvalue weighted by molar-refractivity contribution is 5.97. The predicted octanol–water partition coefficient (Wildman–Crippen LogP) is 5.54. The first-order valence-corrected chi connectivity index (χ1v) is 10.9. The van der Waals surface area contributed by atoms with Crippen LogP contribution in [-0.2, 0) is 31.0 Å². The van der Waals surface area contributed by atoms with E-state index < -0.39 is 5.97 Å². The Morgan fingerprint density at radius 1 is 0.879 bits per heavy atom. The number of aromatic carboxylic acids is 1. The summed E-state index contributed by atoms with van der Waals surface area (Å²) in [7, 11) is 0. The lowest BCUT2D eigenvalue weighted by atomic mass is 10.0. The number of aromatic hydroxyl groups is 1. The highest BCUT2D eigenvalue weighted by Crippen LogP contribution is 2.33. The average Bonchev–Trinajstić information content (AvgIpc) is 2.80. The monoisotopic (exact) mass is 448 g/mol. The van der Waals surface area contributed by atoms with E-state index in [1.54, 1.807) is 30.3 Å². The van der Waals surface area contributed by atoms with Crippen LogP contribution in [0.15, 0.2) is 60.7 Å². The standard InChI is InChI=1S/C27H28O6/c1-3-5-24-25(13-12-23(18(2)28)26(24)29)33-17-20-10-8-19(9-11-20)15-32-16-21-6-4-7-22(14-21)27(30)31/h4,6-14,29H,3,5,15-17H2,1-2H3,(H,30,31). The Kier molecular flexibility index (Phi) is 8.22. The van der Waals surface area contributed by atoms with Gasteiger partial charge in [0.2, 0.25) is 0 Å². The number of Topliss-reactive ketones (excluding diaryl/α,β-unsaturated/α-hetero) is 1. The fraction of sp³-hybridized carbons (Fsp3) is 0.259. The number of carbonyl (C=O) groups is 2. The van der Waals surface area contributed by atoms with Crippen LogP contribution >= 0.6 is 0 Å². The number of ketones is 1. The Bertz CT molecular complexity index is 1120. The Balaban J connectivity index is 1.57. The molecule has 0 fully saturated rings. The summed E-state index contributed by atoms with van der Waals surface area (Å²) in [6, 6.07) is 17.8. The van der Waals surface area contributed by atoms with Crippen molar-refractivity contribution in [2.75, 3.05) is 0 Å². The normalized spacial score (nSPS) is 10.7. The summed E-state index contributed by atoms with van der Waals surface area (Å²) in [4.78, 5) is 22.8. The number of carboxylic acids is 1. The first-order chi connectivity index (χ1) is 15.9. The maximum absolute atomic E-state index is 11.7. The molecule has 0 radical (unpaired) electrons. The summed E-state index contributed by atoms with van der Waals surface area (Å²) < 4.78 is 11.7. The molecule has 2 N–H and O–H groups in total. The number of carboxylic acid groups (broad SMARTS) is 1. The molecule has 0 atom stereocenters. The zero-order valence-electron chi connectivity index (χ0n) is 18.8. The van der Waals surface area contributed by atoms with Gasteiger partial charge in [0.15, 0.2) is 5.78 Å². The van der Waals surface area contributed by atoms with E-state index >= 15 is 0 Å². The van der Waals surface area contributed by atoms with Crippen LogP contribution in [0.5, 0.6) is 11.5 Å². The molecule has 0 amide bonds. The summed E-state index contributed by atoms with van der Waals surface area (Å²) in [5.74, 6) is -0.552. The molecule has 0 saturated heterocycles. The molecule has 0 aromatic heterocycles. The Morgan fingerprint density at radius 3 is 2.18 bits per heavy atom. The Labute approximate surface area is 193 Å². The number of ether oxygens (including phenoxy) is 2. The summed E-state index contributed by atoms with van der Waals surface area (Å²) in [6.45, 7) is 4.50. The van der Waals surface area contributed by atoms with Gasteiger partial charge in [0.1, 0.15) is 18.1 Å². The number of carbonyl (C=O) groups excluding carboxylic acids is 1. The third-order valence-electron chi connectivity index (χ3n) is 5.25. The van der Waals surface area contributed by atoms with Gasteiger partial charge >= 0.3 is 5.97 Å². The number of hydrogen-bond acceptors (Lipinski definition) is 5. The van der Waals surface area contributed by atoms with E-state index in [-0.39, 0.29) is 17.1 Å². The number of hydrogen-bond donors (Lipinski definition) is 2. The molecule has 0 saturated carbocycles. The van der Waals surface area contributed by atoms with Crippen molar-refractivity contribution >= 4 is 11.8 Å². The van der Waals surface area contributed by atoms with E-state index in [0.717, 1.165) is 23.1 Å². The van der Waals surface area contributed by atoms with Crippen molar-refractivity contribution in [3.05, 3.63) is 94.0 Å². The van der Waals surface area contributed by atoms with E-state index in [2.05, 4.69) is 0 Å². The van der Waals surface area contributed by atoms with E-state index in [1.165, 1.54) is 6.92 Å². The lowest BCUT2D eigenvalue weighted by Gasteiger charge is -2.15. The molecular weight excluding hydrogens is 420 g/mol. The molecule has 0 unspecified atom stereocenters. The van der Waals surface area contributed by atoms with Gasteiger partial charge in [0.05, 0.1) is 24.3 Å². The quantitative estimate of drug-likeness (QED) is 0.374. The summed E-state index contributed by atoms with van der Waals surface area (Å²) in [6.07, 6.45) is 1.44. The lowest BCUT2D eigenvalue weighted by Crippen LogP contribution is -2.03. The van der Waals surface area contributed by atoms with Crippen LogP contribution in [0, 0.1) is 0 Å². The largest absolute Gasteiger partial charge is 0.507 e. The van der Waals surface area contributed by atoms with Crippen LogP contribution in [0.25, 0.3) is 0 Å². The maximum atomic E-state index is 11.7. The number of rotatable bonds is 11. The number of benzene rings is 3. The zero-order valence-corrected chi connectivity index (χ0v) is 18.8. The van der Waals surface area contributed by atoms with Gasteiger partial charge in [-0.25, -0.2) is 4.79 Å². The first-order valence-electron chi connectivity index (χ1n) is 10.9. The molecule has 172 valence electrons. The molecular formula is C27H28O6. The minimum Gasteiger partial charge on any atom is -0.507 e. The van der Waals surface area contributed by atoms with Crippen molar-refractivity contribution < 1.29 is 29.3 Å². The van der Waals surface area contributed by atoms with Crippen LogP contribution in [0.1, 0.15) is 63.2 Å². The van der Waals surface area contributed by atoms with Crippen molar-refractivity contribution in [3.8, 4) is 11.5 Å². The van der Waals surface area contributed by atoms with Crippen LogP contribution in [0.3, 0.4) is 0 Å². The van der Waals surface area contributed by atoms with Crippen molar-refractivity contribution in [2.45, 2.75) is 46.5 Å². The highest BCUT2D eigenvalue weighted by Gasteiger charge is 2.16. The van der Waals surface area contributed by atoms with E-state index in [0.29, 0.717) is 43.1 Å². The van der Waals surface area contributed by atoms with Crippen LogP contribution in [0.2, 0.25) is 0 Å². The predicted molar refractivity (Wildman–Crippen MR) is 125 cm³/mol. The third-order valence-corrected chi connectivity index (χ3v) is 5.25. The van der Waals surface area contributed by atoms with Crippen molar-refractivity contribution in [2.24, 2.45) is 0 Å². The molecule has 6 heteroatoms. The molecule has 3 aromatic rings. The molecule has 0 aliphatic carbocycles. The van der Waals surface area contributed by atoms with Crippen LogP contribution in [-0.4, -0.2) is 22.0 Å². The zero-order chi connectivity index (χ0) is 23.8. The van der Waals surface area contributed by atoms with Gasteiger partial charge in [-0.15, -0.1) is 0 Å². The van der Waals surface area contributed by atoms with Gasteiger partial charge < -0.3 is 19.7 Å². The van der Waals surface area contributed by atoms with E-state index in [4.69, 9.17) is 14.6 Å². The molecule has 0 heterocycles. The Morgan fingerprint density at radius 2 is 1.55 bits per heavy atom. The van der Waals surface area contributed by atoms with Crippen molar-refractivity contribution in [1.29, 1.82) is 0 Å². The van der Waals surface area contributed by atoms with Gasteiger partial charge in [-0.05, 0) is 54.3 Å². The van der Waals surface area contributed by atoms with Crippen molar-refractivity contribution in [3.63, 3.8) is 0 Å². The van der Waals surface area contributed by atoms with Gasteiger partial charge in [-0.3, -0.25) is 4.79 Å². The first kappa shape index (κ1) is 24.0. The fourth-order valence-electron chi connectivity index (χ4n) is 3.50. The summed E-state index contributed by atoms with van der Waals surface area (Å²) in [5, 5.41) is 19.5. The Hall–Kier alpha value is -3.64. The maximum Gasteiger partial charge on any atom is 0.335 e. The second kappa shape index (κ2) is 11.3. The van der Waals surface area contributed by atoms with Gasteiger partial charge in [0, 0.05) is 5.56 Å².